The zero-order valence-corrected chi connectivity index (χ0v) is 21.5. The van der Waals surface area contributed by atoms with E-state index < -0.39 is 42.0 Å². The van der Waals surface area contributed by atoms with E-state index in [1.165, 1.54) is 23.1 Å². The number of benzene rings is 3. The van der Waals surface area contributed by atoms with Crippen molar-refractivity contribution < 1.29 is 41.3 Å². The molecule has 0 saturated carbocycles. The fraction of sp³-hybridized carbons (Fsp3) is 0.379. The van der Waals surface area contributed by atoms with E-state index in [9.17, 15) is 36.6 Å². The number of aliphatic hydroxyl groups is 2. The molecule has 2 heterocycles. The number of alkyl halides is 6. The lowest BCUT2D eigenvalue weighted by molar-refractivity contribution is -0.274. The van der Waals surface area contributed by atoms with E-state index in [2.05, 4.69) is 4.74 Å². The molecule has 1 saturated heterocycles. The molecular formula is C29H28F6N2O3. The predicted molar refractivity (Wildman–Crippen MR) is 138 cm³/mol. The molecule has 0 spiro atoms. The SMILES string of the molecule is CC1(O)CN(c2cccc(CC3(c4cccc(OC(F)(F)F)c4)CN(CC(O)C(F)(F)F)c4ccccc43)c2)C1. The minimum absolute atomic E-state index is 0.0163. The van der Waals surface area contributed by atoms with Crippen molar-refractivity contribution in [2.75, 3.05) is 36.0 Å². The lowest BCUT2D eigenvalue weighted by atomic mass is 9.71. The van der Waals surface area contributed by atoms with Gasteiger partial charge in [-0.3, -0.25) is 0 Å². The minimum atomic E-state index is -4.92. The number of β-amino-alcohol motifs (C(OH)–C–C–N with tert-alkyl or cyclic N) is 2. The summed E-state index contributed by atoms with van der Waals surface area (Å²) in [5.41, 5.74) is 1.31. The van der Waals surface area contributed by atoms with E-state index in [0.29, 0.717) is 29.9 Å². The summed E-state index contributed by atoms with van der Waals surface area (Å²) in [4.78, 5) is 3.42. The van der Waals surface area contributed by atoms with E-state index in [1.807, 2.05) is 29.2 Å². The molecule has 214 valence electrons. The number of anilines is 2. The molecule has 0 aromatic heterocycles. The second kappa shape index (κ2) is 9.88. The summed E-state index contributed by atoms with van der Waals surface area (Å²) in [6.45, 7) is 1.86. The first kappa shape index (κ1) is 28.1. The van der Waals surface area contributed by atoms with E-state index >= 15 is 0 Å². The van der Waals surface area contributed by atoms with Crippen molar-refractivity contribution in [3.8, 4) is 5.75 Å². The average Bonchev–Trinajstić information content (AvgIpc) is 3.15. The second-order valence-corrected chi connectivity index (χ2v) is 10.8. The summed E-state index contributed by atoms with van der Waals surface area (Å²) >= 11 is 0. The third-order valence-electron chi connectivity index (χ3n) is 7.46. The maximum absolute atomic E-state index is 13.3. The molecule has 5 nitrogen and oxygen atoms in total. The van der Waals surface area contributed by atoms with Crippen LogP contribution in [0.3, 0.4) is 0 Å². The van der Waals surface area contributed by atoms with Crippen LogP contribution in [0.2, 0.25) is 0 Å². The van der Waals surface area contributed by atoms with Crippen LogP contribution in [-0.4, -0.2) is 60.6 Å². The fourth-order valence-corrected chi connectivity index (χ4v) is 5.79. The van der Waals surface area contributed by atoms with E-state index in [4.69, 9.17) is 0 Å². The number of ether oxygens (including phenoxy) is 1. The molecule has 5 rings (SSSR count). The summed E-state index contributed by atoms with van der Waals surface area (Å²) in [6, 6.07) is 19.8. The molecule has 11 heteroatoms. The van der Waals surface area contributed by atoms with Gasteiger partial charge in [-0.2, -0.15) is 13.2 Å². The van der Waals surface area contributed by atoms with Crippen molar-refractivity contribution in [1.29, 1.82) is 0 Å². The highest BCUT2D eigenvalue weighted by Crippen LogP contribution is 2.48. The predicted octanol–water partition coefficient (Wildman–Crippen LogP) is 5.43. The van der Waals surface area contributed by atoms with Gasteiger partial charge in [0.25, 0.3) is 0 Å². The monoisotopic (exact) mass is 566 g/mol. The summed E-state index contributed by atoms with van der Waals surface area (Å²) in [7, 11) is 0. The van der Waals surface area contributed by atoms with Crippen LogP contribution in [0, 0.1) is 0 Å². The van der Waals surface area contributed by atoms with E-state index in [-0.39, 0.29) is 13.0 Å². The molecule has 3 aromatic rings. The van der Waals surface area contributed by atoms with Crippen molar-refractivity contribution in [2.45, 2.75) is 43.0 Å². The normalized spacial score (nSPS) is 21.1. The molecule has 3 aromatic carbocycles. The van der Waals surface area contributed by atoms with Gasteiger partial charge in [-0.05, 0) is 60.4 Å². The Bertz CT molecular complexity index is 1370. The Labute approximate surface area is 227 Å². The summed E-state index contributed by atoms with van der Waals surface area (Å²) in [6.07, 6.45) is -12.1. The number of halogens is 6. The molecule has 2 atom stereocenters. The van der Waals surface area contributed by atoms with Crippen LogP contribution in [0.4, 0.5) is 37.7 Å². The Kier molecular flexibility index (Phi) is 6.94. The lowest BCUT2D eigenvalue weighted by Gasteiger charge is -2.46. The summed E-state index contributed by atoms with van der Waals surface area (Å²) in [5, 5.41) is 20.1. The highest BCUT2D eigenvalue weighted by atomic mass is 19.4. The maximum Gasteiger partial charge on any atom is 0.573 e. The molecule has 2 N–H and O–H groups in total. The van der Waals surface area contributed by atoms with Crippen LogP contribution in [0.15, 0.2) is 72.8 Å². The number of para-hydroxylation sites is 1. The first-order valence-electron chi connectivity index (χ1n) is 12.7. The van der Waals surface area contributed by atoms with Crippen LogP contribution in [0.5, 0.6) is 5.75 Å². The van der Waals surface area contributed by atoms with Gasteiger partial charge in [0, 0.05) is 36.4 Å². The quantitative estimate of drug-likeness (QED) is 0.374. The molecule has 40 heavy (non-hydrogen) atoms. The van der Waals surface area contributed by atoms with Crippen LogP contribution in [0.25, 0.3) is 0 Å². The smallest absolute Gasteiger partial charge is 0.406 e. The molecule has 2 aliphatic rings. The molecule has 0 bridgehead atoms. The first-order valence-corrected chi connectivity index (χ1v) is 12.7. The molecule has 0 aliphatic carbocycles. The lowest BCUT2D eigenvalue weighted by Crippen LogP contribution is -2.60. The van der Waals surface area contributed by atoms with Crippen molar-refractivity contribution in [3.05, 3.63) is 89.5 Å². The molecule has 1 fully saturated rings. The number of hydrogen-bond acceptors (Lipinski definition) is 5. The number of hydrogen-bond donors (Lipinski definition) is 2. The minimum Gasteiger partial charge on any atom is -0.406 e. The Morgan fingerprint density at radius 1 is 0.900 bits per heavy atom. The van der Waals surface area contributed by atoms with Gasteiger partial charge >= 0.3 is 12.5 Å². The Balaban J connectivity index is 1.59. The molecule has 2 aliphatic heterocycles. The van der Waals surface area contributed by atoms with Crippen LogP contribution < -0.4 is 14.5 Å². The number of aliphatic hydroxyl groups excluding tert-OH is 1. The third-order valence-corrected chi connectivity index (χ3v) is 7.46. The van der Waals surface area contributed by atoms with Gasteiger partial charge in [0.15, 0.2) is 6.10 Å². The fourth-order valence-electron chi connectivity index (χ4n) is 5.79. The number of nitrogens with zero attached hydrogens (tertiary/aromatic N) is 2. The average molecular weight is 567 g/mol. The van der Waals surface area contributed by atoms with Crippen molar-refractivity contribution in [1.82, 2.24) is 0 Å². The van der Waals surface area contributed by atoms with Crippen LogP contribution >= 0.6 is 0 Å². The first-order chi connectivity index (χ1) is 18.7. The van der Waals surface area contributed by atoms with E-state index in [1.54, 1.807) is 37.3 Å². The summed E-state index contributed by atoms with van der Waals surface area (Å²) < 4.78 is 83.4. The van der Waals surface area contributed by atoms with Gasteiger partial charge in [0.1, 0.15) is 5.75 Å². The largest absolute Gasteiger partial charge is 0.573 e. The van der Waals surface area contributed by atoms with Crippen molar-refractivity contribution in [3.63, 3.8) is 0 Å². The van der Waals surface area contributed by atoms with Crippen LogP contribution in [-0.2, 0) is 11.8 Å². The Hall–Kier alpha value is -3.44. The molecule has 0 amide bonds. The Morgan fingerprint density at radius 3 is 2.27 bits per heavy atom. The standard InChI is InChI=1S/C29H28F6N2O3/c1-26(39)16-37(17-26)21-8-4-6-19(12-21)14-27(20-7-5-9-22(13-20)40-29(33,34)35)18-36(15-25(38)28(30,31)32)24-11-3-2-10-23(24)27/h2-13,25,38-39H,14-18H2,1H3. The van der Waals surface area contributed by atoms with Gasteiger partial charge in [-0.15, -0.1) is 13.2 Å². The zero-order chi connectivity index (χ0) is 28.9. The van der Waals surface area contributed by atoms with Gasteiger partial charge in [-0.25, -0.2) is 0 Å². The van der Waals surface area contributed by atoms with Gasteiger partial charge in [0.05, 0.1) is 12.1 Å². The Morgan fingerprint density at radius 2 is 1.60 bits per heavy atom. The topological polar surface area (TPSA) is 56.2 Å². The summed E-state index contributed by atoms with van der Waals surface area (Å²) in [5.74, 6) is -0.438. The highest BCUT2D eigenvalue weighted by Gasteiger charge is 2.48. The van der Waals surface area contributed by atoms with E-state index in [0.717, 1.165) is 11.3 Å². The maximum atomic E-state index is 13.3. The molecular weight excluding hydrogens is 538 g/mol. The third kappa shape index (κ3) is 5.71. The van der Waals surface area contributed by atoms with Gasteiger partial charge in [0.2, 0.25) is 0 Å². The molecule has 0 radical (unpaired) electrons. The number of fused-ring (bicyclic) bond motifs is 1. The van der Waals surface area contributed by atoms with Crippen molar-refractivity contribution >= 4 is 11.4 Å². The van der Waals surface area contributed by atoms with Crippen molar-refractivity contribution in [2.24, 2.45) is 0 Å². The van der Waals surface area contributed by atoms with Gasteiger partial charge in [-0.1, -0.05) is 42.5 Å². The second-order valence-electron chi connectivity index (χ2n) is 10.8. The van der Waals surface area contributed by atoms with Crippen LogP contribution in [0.1, 0.15) is 23.6 Å². The molecule has 2 unspecified atom stereocenters. The zero-order valence-electron chi connectivity index (χ0n) is 21.5. The number of rotatable bonds is 7. The van der Waals surface area contributed by atoms with Gasteiger partial charge < -0.3 is 24.7 Å². The highest BCUT2D eigenvalue weighted by molar-refractivity contribution is 5.67.